The van der Waals surface area contributed by atoms with E-state index in [-0.39, 0.29) is 11.9 Å². The SMILES string of the molecule is CNC(C)C(=O)N(C)Cc1ccc(Cl)cc1. The van der Waals surface area contributed by atoms with Crippen LogP contribution in [-0.4, -0.2) is 30.9 Å². The van der Waals surface area contributed by atoms with E-state index in [2.05, 4.69) is 5.32 Å². The first-order valence-corrected chi connectivity index (χ1v) is 5.59. The van der Waals surface area contributed by atoms with Gasteiger partial charge in [0, 0.05) is 18.6 Å². The number of amides is 1. The van der Waals surface area contributed by atoms with Crippen molar-refractivity contribution >= 4 is 17.5 Å². The Hall–Kier alpha value is -1.06. The van der Waals surface area contributed by atoms with Crippen molar-refractivity contribution in [2.75, 3.05) is 14.1 Å². The summed E-state index contributed by atoms with van der Waals surface area (Å²) < 4.78 is 0. The van der Waals surface area contributed by atoms with Crippen LogP contribution in [0.15, 0.2) is 24.3 Å². The first kappa shape index (κ1) is 13.0. The second-order valence-electron chi connectivity index (χ2n) is 3.83. The average molecular weight is 241 g/mol. The van der Waals surface area contributed by atoms with Gasteiger partial charge in [0.05, 0.1) is 6.04 Å². The number of carbonyl (C=O) groups is 1. The third-order valence-electron chi connectivity index (χ3n) is 2.51. The fraction of sp³-hybridized carbons (Fsp3) is 0.417. The maximum Gasteiger partial charge on any atom is 0.239 e. The molecule has 16 heavy (non-hydrogen) atoms. The van der Waals surface area contributed by atoms with Crippen molar-refractivity contribution in [1.82, 2.24) is 10.2 Å². The molecule has 88 valence electrons. The summed E-state index contributed by atoms with van der Waals surface area (Å²) in [4.78, 5) is 13.5. The van der Waals surface area contributed by atoms with Gasteiger partial charge < -0.3 is 10.2 Å². The van der Waals surface area contributed by atoms with Gasteiger partial charge in [-0.1, -0.05) is 23.7 Å². The Morgan fingerprint density at radius 2 is 2.00 bits per heavy atom. The molecule has 0 heterocycles. The smallest absolute Gasteiger partial charge is 0.239 e. The molecule has 1 N–H and O–H groups in total. The zero-order valence-electron chi connectivity index (χ0n) is 9.83. The summed E-state index contributed by atoms with van der Waals surface area (Å²) >= 11 is 5.79. The van der Waals surface area contributed by atoms with Gasteiger partial charge in [0.25, 0.3) is 0 Å². The van der Waals surface area contributed by atoms with E-state index in [4.69, 9.17) is 11.6 Å². The summed E-state index contributed by atoms with van der Waals surface area (Å²) in [5.74, 6) is 0.0810. The molecule has 1 rings (SSSR count). The van der Waals surface area contributed by atoms with Gasteiger partial charge in [-0.3, -0.25) is 4.79 Å². The minimum absolute atomic E-state index is 0.0810. The molecule has 1 aromatic rings. The van der Waals surface area contributed by atoms with E-state index in [1.165, 1.54) is 0 Å². The van der Waals surface area contributed by atoms with Crippen molar-refractivity contribution in [1.29, 1.82) is 0 Å². The maximum absolute atomic E-state index is 11.8. The molecule has 1 aromatic carbocycles. The molecule has 0 aliphatic carbocycles. The van der Waals surface area contributed by atoms with Crippen LogP contribution in [0.5, 0.6) is 0 Å². The Bertz CT molecular complexity index is 351. The molecule has 0 saturated heterocycles. The van der Waals surface area contributed by atoms with Gasteiger partial charge in [0.2, 0.25) is 5.91 Å². The van der Waals surface area contributed by atoms with E-state index in [0.29, 0.717) is 11.6 Å². The van der Waals surface area contributed by atoms with Gasteiger partial charge >= 0.3 is 0 Å². The second kappa shape index (κ2) is 5.87. The van der Waals surface area contributed by atoms with Gasteiger partial charge in [-0.15, -0.1) is 0 Å². The summed E-state index contributed by atoms with van der Waals surface area (Å²) in [6, 6.07) is 7.36. The Morgan fingerprint density at radius 1 is 1.44 bits per heavy atom. The second-order valence-corrected chi connectivity index (χ2v) is 4.27. The van der Waals surface area contributed by atoms with Crippen LogP contribution in [-0.2, 0) is 11.3 Å². The number of benzene rings is 1. The standard InChI is InChI=1S/C12H17ClN2O/c1-9(14-2)12(16)15(3)8-10-4-6-11(13)7-5-10/h4-7,9,14H,8H2,1-3H3. The summed E-state index contributed by atoms with van der Waals surface area (Å²) in [6.45, 7) is 2.45. The number of nitrogens with one attached hydrogen (secondary N) is 1. The largest absolute Gasteiger partial charge is 0.340 e. The molecule has 3 nitrogen and oxygen atoms in total. The minimum atomic E-state index is -0.155. The van der Waals surface area contributed by atoms with Crippen molar-refractivity contribution in [3.8, 4) is 0 Å². The fourth-order valence-corrected chi connectivity index (χ4v) is 1.52. The van der Waals surface area contributed by atoms with Crippen LogP contribution < -0.4 is 5.32 Å². The molecular formula is C12H17ClN2O. The Morgan fingerprint density at radius 3 is 2.50 bits per heavy atom. The van der Waals surface area contributed by atoms with Gasteiger partial charge in [-0.25, -0.2) is 0 Å². The highest BCUT2D eigenvalue weighted by molar-refractivity contribution is 6.30. The molecule has 1 unspecified atom stereocenters. The molecule has 0 bridgehead atoms. The summed E-state index contributed by atoms with van der Waals surface area (Å²) in [6.07, 6.45) is 0. The number of halogens is 1. The van der Waals surface area contributed by atoms with Crippen LogP contribution >= 0.6 is 11.6 Å². The highest BCUT2D eigenvalue weighted by Crippen LogP contribution is 2.11. The predicted molar refractivity (Wildman–Crippen MR) is 66.4 cm³/mol. The molecule has 0 fully saturated rings. The van der Waals surface area contributed by atoms with E-state index in [0.717, 1.165) is 5.56 Å². The van der Waals surface area contributed by atoms with E-state index in [1.54, 1.807) is 19.0 Å². The normalized spacial score (nSPS) is 12.2. The molecule has 0 aliphatic rings. The zero-order chi connectivity index (χ0) is 12.1. The van der Waals surface area contributed by atoms with Crippen LogP contribution in [0.2, 0.25) is 5.02 Å². The fourth-order valence-electron chi connectivity index (χ4n) is 1.40. The number of hydrogen-bond acceptors (Lipinski definition) is 2. The molecule has 0 saturated carbocycles. The number of hydrogen-bond donors (Lipinski definition) is 1. The third-order valence-corrected chi connectivity index (χ3v) is 2.76. The third kappa shape index (κ3) is 3.51. The van der Waals surface area contributed by atoms with Crippen molar-refractivity contribution in [2.45, 2.75) is 19.5 Å². The molecule has 1 amide bonds. The molecule has 0 radical (unpaired) electrons. The topological polar surface area (TPSA) is 32.3 Å². The Labute approximate surface area is 101 Å². The lowest BCUT2D eigenvalue weighted by molar-refractivity contribution is -0.132. The molecule has 4 heteroatoms. The lowest BCUT2D eigenvalue weighted by Gasteiger charge is -2.21. The highest BCUT2D eigenvalue weighted by atomic mass is 35.5. The number of carbonyl (C=O) groups excluding carboxylic acids is 1. The summed E-state index contributed by atoms with van der Waals surface area (Å²) in [5.41, 5.74) is 1.07. The Balaban J connectivity index is 2.60. The highest BCUT2D eigenvalue weighted by Gasteiger charge is 2.15. The molecular weight excluding hydrogens is 224 g/mol. The van der Waals surface area contributed by atoms with Crippen LogP contribution in [0.25, 0.3) is 0 Å². The average Bonchev–Trinajstić information content (AvgIpc) is 2.30. The van der Waals surface area contributed by atoms with Crippen molar-refractivity contribution in [3.63, 3.8) is 0 Å². The first-order chi connectivity index (χ1) is 7.54. The number of nitrogens with zero attached hydrogens (tertiary/aromatic N) is 1. The van der Waals surface area contributed by atoms with Crippen LogP contribution in [0, 0.1) is 0 Å². The minimum Gasteiger partial charge on any atom is -0.340 e. The predicted octanol–water partition coefficient (Wildman–Crippen LogP) is 1.91. The zero-order valence-corrected chi connectivity index (χ0v) is 10.6. The van der Waals surface area contributed by atoms with E-state index in [1.807, 2.05) is 31.2 Å². The van der Waals surface area contributed by atoms with E-state index >= 15 is 0 Å². The molecule has 0 aliphatic heterocycles. The van der Waals surface area contributed by atoms with Crippen LogP contribution in [0.3, 0.4) is 0 Å². The van der Waals surface area contributed by atoms with Crippen molar-refractivity contribution in [2.24, 2.45) is 0 Å². The van der Waals surface area contributed by atoms with Crippen LogP contribution in [0.1, 0.15) is 12.5 Å². The van der Waals surface area contributed by atoms with Gasteiger partial charge in [-0.05, 0) is 31.7 Å². The monoisotopic (exact) mass is 240 g/mol. The Kier molecular flexibility index (Phi) is 4.77. The molecule has 0 aromatic heterocycles. The van der Waals surface area contributed by atoms with E-state index in [9.17, 15) is 4.79 Å². The van der Waals surface area contributed by atoms with Gasteiger partial charge in [-0.2, -0.15) is 0 Å². The molecule has 1 atom stereocenters. The van der Waals surface area contributed by atoms with Gasteiger partial charge in [0.15, 0.2) is 0 Å². The number of rotatable bonds is 4. The van der Waals surface area contributed by atoms with E-state index < -0.39 is 0 Å². The summed E-state index contributed by atoms with van der Waals surface area (Å²) in [5, 5.41) is 3.64. The lowest BCUT2D eigenvalue weighted by atomic mass is 10.2. The quantitative estimate of drug-likeness (QED) is 0.872. The molecule has 0 spiro atoms. The van der Waals surface area contributed by atoms with Crippen LogP contribution in [0.4, 0.5) is 0 Å². The first-order valence-electron chi connectivity index (χ1n) is 5.21. The number of likely N-dealkylation sites (N-methyl/N-ethyl adjacent to an activating group) is 2. The maximum atomic E-state index is 11.8. The van der Waals surface area contributed by atoms with Gasteiger partial charge in [0.1, 0.15) is 0 Å². The lowest BCUT2D eigenvalue weighted by Crippen LogP contribution is -2.41. The van der Waals surface area contributed by atoms with Crippen molar-refractivity contribution in [3.05, 3.63) is 34.9 Å². The van der Waals surface area contributed by atoms with Crippen molar-refractivity contribution < 1.29 is 4.79 Å². The summed E-state index contributed by atoms with van der Waals surface area (Å²) in [7, 11) is 3.57.